The van der Waals surface area contributed by atoms with Gasteiger partial charge < -0.3 is 5.11 Å². The number of hydrogen-bond acceptors (Lipinski definition) is 3. The van der Waals surface area contributed by atoms with Gasteiger partial charge in [-0.1, -0.05) is 0 Å². The first kappa shape index (κ1) is 15.0. The van der Waals surface area contributed by atoms with Crippen molar-refractivity contribution in [2.45, 2.75) is 6.10 Å². The van der Waals surface area contributed by atoms with Crippen LogP contribution in [0.3, 0.4) is 0 Å². The molecule has 0 aliphatic rings. The van der Waals surface area contributed by atoms with Gasteiger partial charge in [-0.3, -0.25) is 4.98 Å². The van der Waals surface area contributed by atoms with Gasteiger partial charge in [-0.2, -0.15) is 5.10 Å². The fraction of sp³-hybridized carbons (Fsp3) is 0.0667. The molecule has 1 unspecified atom stereocenters. The molecule has 2 heterocycles. The zero-order chi connectivity index (χ0) is 15.7. The molecule has 1 atom stereocenters. The second kappa shape index (κ2) is 6.09. The van der Waals surface area contributed by atoms with Gasteiger partial charge in [-0.05, 0) is 65.1 Å². The van der Waals surface area contributed by atoms with Crippen molar-refractivity contribution in [1.29, 1.82) is 0 Å². The van der Waals surface area contributed by atoms with Crippen LogP contribution in [0.25, 0.3) is 5.69 Å². The molecule has 0 saturated heterocycles. The van der Waals surface area contributed by atoms with Crippen LogP contribution >= 0.6 is 22.6 Å². The summed E-state index contributed by atoms with van der Waals surface area (Å²) in [4.78, 5) is 3.88. The molecule has 0 saturated carbocycles. The minimum absolute atomic E-state index is 0.307. The number of hydrogen-bond donors (Lipinski definition) is 1. The van der Waals surface area contributed by atoms with Crippen LogP contribution in [0.5, 0.6) is 0 Å². The second-order valence-electron chi connectivity index (χ2n) is 4.58. The summed E-state index contributed by atoms with van der Waals surface area (Å²) in [5.41, 5.74) is 1.39. The molecule has 0 bridgehead atoms. The lowest BCUT2D eigenvalue weighted by atomic mass is 10.1. The molecule has 0 aliphatic heterocycles. The molecule has 3 aromatic rings. The van der Waals surface area contributed by atoms with Gasteiger partial charge in [-0.15, -0.1) is 0 Å². The van der Waals surface area contributed by atoms with Crippen molar-refractivity contribution in [3.8, 4) is 5.69 Å². The van der Waals surface area contributed by atoms with Crippen LogP contribution in [0.4, 0.5) is 8.78 Å². The van der Waals surface area contributed by atoms with Crippen LogP contribution in [0, 0.1) is 15.3 Å². The van der Waals surface area contributed by atoms with E-state index in [9.17, 15) is 13.9 Å². The van der Waals surface area contributed by atoms with Gasteiger partial charge in [0, 0.05) is 0 Å². The smallest absolute Gasteiger partial charge is 0.141 e. The molecule has 22 heavy (non-hydrogen) atoms. The Morgan fingerprint density at radius 2 is 1.73 bits per heavy atom. The number of pyridine rings is 1. The first-order valence-electron chi connectivity index (χ1n) is 6.35. The quantitative estimate of drug-likeness (QED) is 0.671. The highest BCUT2D eigenvalue weighted by atomic mass is 127. The molecule has 1 aromatic carbocycles. The average molecular weight is 413 g/mol. The number of aliphatic hydroxyl groups excluding tert-OH is 1. The van der Waals surface area contributed by atoms with Crippen molar-refractivity contribution in [1.82, 2.24) is 14.8 Å². The van der Waals surface area contributed by atoms with E-state index in [2.05, 4.69) is 10.1 Å². The zero-order valence-corrected chi connectivity index (χ0v) is 13.3. The Bertz CT molecular complexity index is 788. The predicted octanol–water partition coefficient (Wildman–Crippen LogP) is 3.23. The number of aromatic nitrogens is 3. The van der Waals surface area contributed by atoms with Crippen LogP contribution in [0.1, 0.15) is 17.5 Å². The van der Waals surface area contributed by atoms with E-state index in [0.717, 1.165) is 6.20 Å². The number of rotatable bonds is 3. The van der Waals surface area contributed by atoms with Gasteiger partial charge >= 0.3 is 0 Å². The molecule has 0 aliphatic carbocycles. The van der Waals surface area contributed by atoms with E-state index in [0.29, 0.717) is 20.8 Å². The Hall–Kier alpha value is -1.87. The monoisotopic (exact) mass is 413 g/mol. The Balaban J connectivity index is 2.03. The van der Waals surface area contributed by atoms with Crippen LogP contribution in [-0.2, 0) is 0 Å². The summed E-state index contributed by atoms with van der Waals surface area (Å²) in [6.07, 6.45) is -0.0241. The molecule has 7 heteroatoms. The molecule has 0 fully saturated rings. The number of benzene rings is 1. The lowest BCUT2D eigenvalue weighted by Gasteiger charge is -2.13. The summed E-state index contributed by atoms with van der Waals surface area (Å²) >= 11 is 2.02. The molecule has 2 aromatic heterocycles. The molecule has 0 radical (unpaired) electrons. The summed E-state index contributed by atoms with van der Waals surface area (Å²) in [5.74, 6) is -0.828. The molecule has 1 N–H and O–H groups in total. The topological polar surface area (TPSA) is 50.9 Å². The van der Waals surface area contributed by atoms with Gasteiger partial charge in [0.05, 0.1) is 23.3 Å². The highest BCUT2D eigenvalue weighted by Crippen LogP contribution is 2.24. The van der Waals surface area contributed by atoms with Gasteiger partial charge in [0.2, 0.25) is 0 Å². The van der Waals surface area contributed by atoms with Crippen molar-refractivity contribution < 1.29 is 13.9 Å². The Morgan fingerprint density at radius 1 is 1.05 bits per heavy atom. The maximum atomic E-state index is 13.0. The summed E-state index contributed by atoms with van der Waals surface area (Å²) in [6, 6.07) is 10.1. The lowest BCUT2D eigenvalue weighted by molar-refractivity contribution is 0.207. The first-order valence-corrected chi connectivity index (χ1v) is 7.43. The molecule has 3 rings (SSSR count). The Morgan fingerprint density at radius 3 is 2.36 bits per heavy atom. The highest BCUT2D eigenvalue weighted by molar-refractivity contribution is 14.1. The van der Waals surface area contributed by atoms with Crippen LogP contribution in [0.15, 0.2) is 48.7 Å². The predicted molar refractivity (Wildman–Crippen MR) is 84.5 cm³/mol. The molecule has 0 amide bonds. The average Bonchev–Trinajstić information content (AvgIpc) is 2.90. The minimum atomic E-state index is -1.07. The van der Waals surface area contributed by atoms with Gasteiger partial charge in [-0.25, -0.2) is 13.5 Å². The van der Waals surface area contributed by atoms with Crippen molar-refractivity contribution in [3.63, 3.8) is 0 Å². The third-order valence-electron chi connectivity index (χ3n) is 3.09. The highest BCUT2D eigenvalue weighted by Gasteiger charge is 2.19. The SMILES string of the molecule is OC(c1ccc(F)cn1)c1cc(I)nn1-c1ccc(F)cc1. The maximum absolute atomic E-state index is 13.0. The van der Waals surface area contributed by atoms with Crippen LogP contribution in [-0.4, -0.2) is 19.9 Å². The Kier molecular flexibility index (Phi) is 4.16. The van der Waals surface area contributed by atoms with E-state index < -0.39 is 11.9 Å². The third-order valence-corrected chi connectivity index (χ3v) is 3.62. The van der Waals surface area contributed by atoms with Crippen molar-refractivity contribution in [2.75, 3.05) is 0 Å². The standard InChI is InChI=1S/C15H10F2IN3O/c16-9-1-4-11(5-2-9)21-13(7-14(18)20-21)15(22)12-6-3-10(17)8-19-12/h1-8,15,22H. The van der Waals surface area contributed by atoms with E-state index in [1.54, 1.807) is 18.2 Å². The molecule has 112 valence electrons. The molecule has 4 nitrogen and oxygen atoms in total. The fourth-order valence-corrected chi connectivity index (χ4v) is 2.58. The maximum Gasteiger partial charge on any atom is 0.141 e. The number of aliphatic hydroxyl groups is 1. The second-order valence-corrected chi connectivity index (χ2v) is 5.69. The number of halogens is 3. The van der Waals surface area contributed by atoms with E-state index in [4.69, 9.17) is 0 Å². The summed E-state index contributed by atoms with van der Waals surface area (Å²) in [7, 11) is 0. The van der Waals surface area contributed by atoms with Crippen LogP contribution in [0.2, 0.25) is 0 Å². The van der Waals surface area contributed by atoms with E-state index >= 15 is 0 Å². The van der Waals surface area contributed by atoms with Gasteiger partial charge in [0.1, 0.15) is 21.4 Å². The summed E-state index contributed by atoms with van der Waals surface area (Å²) in [6.45, 7) is 0. The van der Waals surface area contributed by atoms with Gasteiger partial charge in [0.15, 0.2) is 0 Å². The Labute approximate surface area is 138 Å². The summed E-state index contributed by atoms with van der Waals surface area (Å²) < 4.78 is 28.2. The largest absolute Gasteiger partial charge is 0.380 e. The first-order chi connectivity index (χ1) is 10.5. The summed E-state index contributed by atoms with van der Waals surface area (Å²) in [5, 5.41) is 14.8. The van der Waals surface area contributed by atoms with Crippen molar-refractivity contribution >= 4 is 22.6 Å². The zero-order valence-electron chi connectivity index (χ0n) is 11.1. The molecular formula is C15H10F2IN3O. The minimum Gasteiger partial charge on any atom is -0.380 e. The van der Waals surface area contributed by atoms with Crippen molar-refractivity contribution in [2.24, 2.45) is 0 Å². The van der Waals surface area contributed by atoms with Crippen molar-refractivity contribution in [3.05, 3.63) is 75.4 Å². The lowest BCUT2D eigenvalue weighted by Crippen LogP contribution is -2.10. The number of nitrogens with zero attached hydrogens (tertiary/aromatic N) is 3. The van der Waals surface area contributed by atoms with E-state index in [-0.39, 0.29) is 5.82 Å². The van der Waals surface area contributed by atoms with Crippen LogP contribution < -0.4 is 0 Å². The molecular weight excluding hydrogens is 403 g/mol. The van der Waals surface area contributed by atoms with Gasteiger partial charge in [0.25, 0.3) is 0 Å². The van der Waals surface area contributed by atoms with E-state index in [1.807, 2.05) is 22.6 Å². The van der Waals surface area contributed by atoms with E-state index in [1.165, 1.54) is 28.9 Å². The third kappa shape index (κ3) is 3.00. The normalized spacial score (nSPS) is 12.4. The fourth-order valence-electron chi connectivity index (χ4n) is 2.05. The molecule has 0 spiro atoms.